The zero-order chi connectivity index (χ0) is 26.9. The van der Waals surface area contributed by atoms with Gasteiger partial charge < -0.3 is 15.3 Å². The minimum absolute atomic E-state index is 0.0142. The van der Waals surface area contributed by atoms with Crippen LogP contribution >= 0.6 is 0 Å². The highest BCUT2D eigenvalue weighted by molar-refractivity contribution is 6.11. The number of hydrogen-bond acceptors (Lipinski definition) is 5. The van der Waals surface area contributed by atoms with E-state index < -0.39 is 34.4 Å². The maximum absolute atomic E-state index is 15.4. The van der Waals surface area contributed by atoms with Crippen molar-refractivity contribution in [1.29, 1.82) is 0 Å². The normalized spacial score (nSPS) is 18.1. The number of alkyl halides is 2. The predicted molar refractivity (Wildman–Crippen MR) is 136 cm³/mol. The Labute approximate surface area is 213 Å². The van der Waals surface area contributed by atoms with Gasteiger partial charge in [-0.3, -0.25) is 4.79 Å². The summed E-state index contributed by atoms with van der Waals surface area (Å²) in [7, 11) is 1.80. The molecule has 9 heteroatoms. The van der Waals surface area contributed by atoms with Crippen molar-refractivity contribution in [2.24, 2.45) is 0 Å². The van der Waals surface area contributed by atoms with E-state index in [1.165, 1.54) is 12.1 Å². The number of nitrogens with zero attached hydrogens (tertiary/aromatic N) is 3. The van der Waals surface area contributed by atoms with Gasteiger partial charge in [-0.2, -0.15) is 13.9 Å². The number of carbonyl (C=O) groups excluding carboxylic acids is 1. The third-order valence-corrected chi connectivity index (χ3v) is 8.08. The van der Waals surface area contributed by atoms with Gasteiger partial charge in [0.15, 0.2) is 5.82 Å². The van der Waals surface area contributed by atoms with Gasteiger partial charge in [-0.25, -0.2) is 4.39 Å². The van der Waals surface area contributed by atoms with Crippen LogP contribution in [0.2, 0.25) is 0 Å². The minimum Gasteiger partial charge on any atom is -0.384 e. The summed E-state index contributed by atoms with van der Waals surface area (Å²) in [6.45, 7) is 5.39. The summed E-state index contributed by atoms with van der Waals surface area (Å²) in [4.78, 5) is 15.0. The molecule has 1 aliphatic carbocycles. The van der Waals surface area contributed by atoms with E-state index in [1.54, 1.807) is 18.9 Å². The third-order valence-electron chi connectivity index (χ3n) is 8.08. The Morgan fingerprint density at radius 3 is 2.46 bits per heavy atom. The minimum atomic E-state index is -3.79. The van der Waals surface area contributed by atoms with Gasteiger partial charge in [0.2, 0.25) is 5.91 Å². The molecule has 3 aromatic rings. The van der Waals surface area contributed by atoms with E-state index in [0.717, 1.165) is 67.6 Å². The van der Waals surface area contributed by atoms with Crippen molar-refractivity contribution in [1.82, 2.24) is 10.2 Å². The number of amides is 1. The highest BCUT2D eigenvalue weighted by Crippen LogP contribution is 2.52. The smallest absolute Gasteiger partial charge is 0.303 e. The molecule has 2 aliphatic rings. The molecule has 1 aliphatic heterocycles. The standard InChI is InChI=1S/C28H31F3N4O2/c1-15(17-9-8-10-20(23(17)29)28(30,31)26(3,4)37)32-24-19-13-21-22(14-18(19)16(2)33-34-24)35(5)25(36)27(21)11-6-7-12-27/h8-10,13-15,37H,6-7,11-12H2,1-5H3,(H,32,34)/t15-/m1/s1. The highest BCUT2D eigenvalue weighted by atomic mass is 19.3. The number of hydrogen-bond donors (Lipinski definition) is 2. The average Bonchev–Trinajstić information content (AvgIpc) is 3.40. The fourth-order valence-electron chi connectivity index (χ4n) is 5.83. The Hall–Kier alpha value is -3.20. The van der Waals surface area contributed by atoms with Crippen LogP contribution < -0.4 is 10.2 Å². The maximum Gasteiger partial charge on any atom is 0.303 e. The number of aromatic nitrogens is 2. The van der Waals surface area contributed by atoms with E-state index in [4.69, 9.17) is 0 Å². The maximum atomic E-state index is 15.4. The molecule has 0 radical (unpaired) electrons. The number of halogens is 3. The summed E-state index contributed by atoms with van der Waals surface area (Å²) in [6.07, 6.45) is 3.55. The Balaban J connectivity index is 1.58. The van der Waals surface area contributed by atoms with Crippen LogP contribution in [0.5, 0.6) is 0 Å². The molecule has 0 unspecified atom stereocenters. The van der Waals surface area contributed by atoms with Crippen LogP contribution in [0.15, 0.2) is 30.3 Å². The second-order valence-corrected chi connectivity index (χ2v) is 10.9. The van der Waals surface area contributed by atoms with E-state index in [1.807, 2.05) is 19.1 Å². The molecule has 1 atom stereocenters. The molecule has 5 rings (SSSR count). The van der Waals surface area contributed by atoms with Gasteiger partial charge in [-0.05, 0) is 64.3 Å². The summed E-state index contributed by atoms with van der Waals surface area (Å²) in [5, 5.41) is 23.2. The first-order valence-corrected chi connectivity index (χ1v) is 12.5. The van der Waals surface area contributed by atoms with Crippen molar-refractivity contribution in [3.05, 3.63) is 58.5 Å². The molecular formula is C28H31F3N4O2. The second kappa shape index (κ2) is 8.41. The van der Waals surface area contributed by atoms with Crippen molar-refractivity contribution in [2.75, 3.05) is 17.3 Å². The Kier molecular flexibility index (Phi) is 5.78. The van der Waals surface area contributed by atoms with Gasteiger partial charge in [0.1, 0.15) is 11.4 Å². The number of anilines is 2. The summed E-state index contributed by atoms with van der Waals surface area (Å²) in [5.74, 6) is -4.40. The first-order valence-electron chi connectivity index (χ1n) is 12.5. The SMILES string of the molecule is Cc1nnc(N[C@H](C)c2cccc(C(F)(F)C(C)(C)O)c2F)c2cc3c(cc12)N(C)C(=O)C31CCCC1. The number of likely N-dealkylation sites (N-methyl/N-ethyl adjacent to an activating group) is 1. The Morgan fingerprint density at radius 1 is 1.14 bits per heavy atom. The van der Waals surface area contributed by atoms with Gasteiger partial charge in [-0.1, -0.05) is 25.0 Å². The van der Waals surface area contributed by atoms with Crippen LogP contribution in [-0.4, -0.2) is 33.9 Å². The van der Waals surface area contributed by atoms with Crippen molar-refractivity contribution in [3.8, 4) is 0 Å². The zero-order valence-corrected chi connectivity index (χ0v) is 21.6. The number of nitrogens with one attached hydrogen (secondary N) is 1. The van der Waals surface area contributed by atoms with Crippen LogP contribution in [-0.2, 0) is 16.1 Å². The van der Waals surface area contributed by atoms with Crippen molar-refractivity contribution in [3.63, 3.8) is 0 Å². The number of benzene rings is 2. The molecule has 2 N–H and O–H groups in total. The summed E-state index contributed by atoms with van der Waals surface area (Å²) in [5.41, 5.74) is -1.33. The van der Waals surface area contributed by atoms with Crippen LogP contribution in [0.4, 0.5) is 24.7 Å². The third kappa shape index (κ3) is 3.69. The summed E-state index contributed by atoms with van der Waals surface area (Å²) < 4.78 is 45.0. The first kappa shape index (κ1) is 25.4. The van der Waals surface area contributed by atoms with Gasteiger partial charge >= 0.3 is 5.92 Å². The van der Waals surface area contributed by atoms with Crippen molar-refractivity contribution < 1.29 is 23.1 Å². The topological polar surface area (TPSA) is 78.4 Å². The van der Waals surface area contributed by atoms with E-state index >= 15 is 4.39 Å². The number of carbonyl (C=O) groups is 1. The molecule has 37 heavy (non-hydrogen) atoms. The van der Waals surface area contributed by atoms with E-state index in [2.05, 4.69) is 15.5 Å². The molecule has 1 aromatic heterocycles. The molecule has 1 spiro atoms. The van der Waals surface area contributed by atoms with Crippen LogP contribution in [0, 0.1) is 12.7 Å². The number of rotatable bonds is 5. The molecule has 1 saturated carbocycles. The molecule has 6 nitrogen and oxygen atoms in total. The molecule has 2 heterocycles. The summed E-state index contributed by atoms with van der Waals surface area (Å²) in [6, 6.07) is 6.98. The highest BCUT2D eigenvalue weighted by Gasteiger charge is 2.51. The lowest BCUT2D eigenvalue weighted by Gasteiger charge is -2.30. The average molecular weight is 513 g/mol. The van der Waals surface area contributed by atoms with Crippen molar-refractivity contribution in [2.45, 2.75) is 76.4 Å². The molecule has 0 bridgehead atoms. The van der Waals surface area contributed by atoms with Crippen LogP contribution in [0.3, 0.4) is 0 Å². The van der Waals surface area contributed by atoms with Gasteiger partial charge in [0.05, 0.1) is 22.7 Å². The van der Waals surface area contributed by atoms with Crippen molar-refractivity contribution >= 4 is 28.2 Å². The molecule has 1 amide bonds. The Morgan fingerprint density at radius 2 is 1.81 bits per heavy atom. The fourth-order valence-corrected chi connectivity index (χ4v) is 5.83. The largest absolute Gasteiger partial charge is 0.384 e. The van der Waals surface area contributed by atoms with Gasteiger partial charge in [-0.15, -0.1) is 5.10 Å². The fraction of sp³-hybridized carbons (Fsp3) is 0.464. The molecule has 1 fully saturated rings. The van der Waals surface area contributed by atoms with E-state index in [0.29, 0.717) is 11.5 Å². The van der Waals surface area contributed by atoms with Crippen LogP contribution in [0.1, 0.15) is 74.9 Å². The molecule has 0 saturated heterocycles. The number of fused-ring (bicyclic) bond motifs is 3. The lowest BCUT2D eigenvalue weighted by atomic mass is 9.79. The molecular weight excluding hydrogens is 481 g/mol. The van der Waals surface area contributed by atoms with E-state index in [9.17, 15) is 18.7 Å². The van der Waals surface area contributed by atoms with Gasteiger partial charge in [0.25, 0.3) is 0 Å². The molecule has 196 valence electrons. The monoisotopic (exact) mass is 512 g/mol. The number of aryl methyl sites for hydroxylation is 1. The number of aliphatic hydroxyl groups is 1. The predicted octanol–water partition coefficient (Wildman–Crippen LogP) is 5.90. The van der Waals surface area contributed by atoms with Gasteiger partial charge in [0, 0.05) is 29.1 Å². The second-order valence-electron chi connectivity index (χ2n) is 10.9. The zero-order valence-electron chi connectivity index (χ0n) is 21.6. The van der Waals surface area contributed by atoms with E-state index in [-0.39, 0.29) is 11.5 Å². The quantitative estimate of drug-likeness (QED) is 0.445. The first-order chi connectivity index (χ1) is 17.3. The van der Waals surface area contributed by atoms with Crippen LogP contribution in [0.25, 0.3) is 10.8 Å². The molecule has 2 aromatic carbocycles. The summed E-state index contributed by atoms with van der Waals surface area (Å²) >= 11 is 0. The Bertz CT molecular complexity index is 1410. The lowest BCUT2D eigenvalue weighted by Crippen LogP contribution is -2.41. The lowest BCUT2D eigenvalue weighted by molar-refractivity contribution is -0.170.